The van der Waals surface area contributed by atoms with E-state index in [0.717, 1.165) is 0 Å². The molecule has 0 aliphatic carbocycles. The molecule has 1 aliphatic heterocycles. The monoisotopic (exact) mass is 422 g/mol. The largest absolute Gasteiger partial charge is 0.479 e. The molecule has 4 rings (SSSR count). The van der Waals surface area contributed by atoms with Crippen LogP contribution in [0.5, 0.6) is 5.75 Å². The number of para-hydroxylation sites is 2. The number of carbonyl (C=O) groups excluding carboxylic acids is 2. The molecule has 0 bridgehead atoms. The van der Waals surface area contributed by atoms with E-state index < -0.39 is 12.1 Å². The summed E-state index contributed by atoms with van der Waals surface area (Å²) < 4.78 is 20.8. The summed E-state index contributed by atoms with van der Waals surface area (Å²) >= 11 is 0. The molecule has 8 heteroatoms. The highest BCUT2D eigenvalue weighted by atomic mass is 19.1. The molecule has 1 aromatic heterocycles. The van der Waals surface area contributed by atoms with E-state index in [1.54, 1.807) is 53.0 Å². The Morgan fingerprint density at radius 3 is 2.68 bits per heavy atom. The van der Waals surface area contributed by atoms with E-state index in [1.807, 2.05) is 19.2 Å². The average Bonchev–Trinajstić information content (AvgIpc) is 3.18. The number of aromatic nitrogens is 2. The molecule has 2 atom stereocenters. The van der Waals surface area contributed by atoms with Gasteiger partial charge in [-0.1, -0.05) is 24.3 Å². The minimum atomic E-state index is -0.613. The first-order chi connectivity index (χ1) is 14.9. The molecule has 0 spiro atoms. The highest BCUT2D eigenvalue weighted by Crippen LogP contribution is 2.33. The van der Waals surface area contributed by atoms with E-state index in [1.165, 1.54) is 12.1 Å². The van der Waals surface area contributed by atoms with Gasteiger partial charge in [-0.25, -0.2) is 9.37 Å². The number of nitrogens with zero attached hydrogens (tertiary/aromatic N) is 3. The van der Waals surface area contributed by atoms with Crippen molar-refractivity contribution in [2.75, 3.05) is 11.4 Å². The summed E-state index contributed by atoms with van der Waals surface area (Å²) in [6, 6.07) is 12.7. The van der Waals surface area contributed by atoms with Gasteiger partial charge in [0.05, 0.1) is 5.69 Å². The van der Waals surface area contributed by atoms with Gasteiger partial charge < -0.3 is 19.5 Å². The quantitative estimate of drug-likeness (QED) is 0.663. The van der Waals surface area contributed by atoms with Crippen LogP contribution in [0.15, 0.2) is 60.9 Å². The van der Waals surface area contributed by atoms with Crippen molar-refractivity contribution in [2.24, 2.45) is 7.05 Å². The van der Waals surface area contributed by atoms with Gasteiger partial charge in [0, 0.05) is 32.4 Å². The molecule has 0 saturated heterocycles. The Labute approximate surface area is 179 Å². The van der Waals surface area contributed by atoms with Gasteiger partial charge in [-0.3, -0.25) is 9.59 Å². The Morgan fingerprint density at radius 2 is 1.97 bits per heavy atom. The summed E-state index contributed by atoms with van der Waals surface area (Å²) in [4.78, 5) is 31.4. The van der Waals surface area contributed by atoms with E-state index in [2.05, 4.69) is 10.3 Å². The summed E-state index contributed by atoms with van der Waals surface area (Å²) in [7, 11) is 1.83. The van der Waals surface area contributed by atoms with Crippen LogP contribution in [0.25, 0.3) is 0 Å². The number of ether oxygens (including phenoxy) is 1. The first kappa shape index (κ1) is 20.6. The number of hydrogen-bond acceptors (Lipinski definition) is 4. The molecule has 3 aromatic rings. The zero-order valence-corrected chi connectivity index (χ0v) is 17.3. The van der Waals surface area contributed by atoms with Crippen LogP contribution < -0.4 is 15.0 Å². The fraction of sp³-hybridized carbons (Fsp3) is 0.261. The topological polar surface area (TPSA) is 76.5 Å². The number of hydrogen-bond donors (Lipinski definition) is 1. The van der Waals surface area contributed by atoms with E-state index in [-0.39, 0.29) is 30.6 Å². The maximum absolute atomic E-state index is 13.4. The van der Waals surface area contributed by atoms with Crippen molar-refractivity contribution in [3.63, 3.8) is 0 Å². The molecule has 2 amide bonds. The Kier molecular flexibility index (Phi) is 5.70. The van der Waals surface area contributed by atoms with Gasteiger partial charge in [-0.15, -0.1) is 0 Å². The average molecular weight is 422 g/mol. The first-order valence-corrected chi connectivity index (χ1v) is 10.0. The van der Waals surface area contributed by atoms with Crippen LogP contribution in [0.3, 0.4) is 0 Å². The van der Waals surface area contributed by atoms with Crippen molar-refractivity contribution in [3.8, 4) is 5.75 Å². The molecular weight excluding hydrogens is 399 g/mol. The smallest absolute Gasteiger partial charge is 0.267 e. The Balaban J connectivity index is 1.50. The second-order valence-corrected chi connectivity index (χ2v) is 7.42. The minimum absolute atomic E-state index is 0.0922. The third kappa shape index (κ3) is 4.28. The van der Waals surface area contributed by atoms with E-state index in [9.17, 15) is 14.0 Å². The standard InChI is InChI=1S/C23H23FN4O3/c1-15-23(30)28(18-5-3-4-6-19(18)31-15)13-11-20(29)26-21(22-25-12-14-27(22)2)16-7-9-17(24)10-8-16/h3-10,12,14-15,21H,11,13H2,1-2H3,(H,26,29). The first-order valence-electron chi connectivity index (χ1n) is 10.0. The summed E-state index contributed by atoms with van der Waals surface area (Å²) in [6.07, 6.45) is 2.90. The number of amides is 2. The van der Waals surface area contributed by atoms with Gasteiger partial charge in [-0.05, 0) is 36.8 Å². The maximum Gasteiger partial charge on any atom is 0.267 e. The van der Waals surface area contributed by atoms with Crippen LogP contribution in [-0.2, 0) is 16.6 Å². The number of benzene rings is 2. The lowest BCUT2D eigenvalue weighted by atomic mass is 10.1. The molecule has 1 aliphatic rings. The summed E-state index contributed by atoms with van der Waals surface area (Å²) in [5, 5.41) is 2.97. The molecule has 160 valence electrons. The van der Waals surface area contributed by atoms with Gasteiger partial charge in [-0.2, -0.15) is 0 Å². The predicted octanol–water partition coefficient (Wildman–Crippen LogP) is 2.97. The number of carbonyl (C=O) groups is 2. The van der Waals surface area contributed by atoms with Crippen LogP contribution in [0.2, 0.25) is 0 Å². The zero-order chi connectivity index (χ0) is 22.0. The number of aryl methyl sites for hydroxylation is 1. The van der Waals surface area contributed by atoms with Crippen molar-refractivity contribution in [1.29, 1.82) is 0 Å². The third-order valence-electron chi connectivity index (χ3n) is 5.26. The van der Waals surface area contributed by atoms with E-state index in [0.29, 0.717) is 22.8 Å². The molecule has 0 fully saturated rings. The van der Waals surface area contributed by atoms with Gasteiger partial charge in [0.25, 0.3) is 5.91 Å². The van der Waals surface area contributed by atoms with Gasteiger partial charge in [0.15, 0.2) is 6.10 Å². The molecule has 2 heterocycles. The molecule has 0 saturated carbocycles. The minimum Gasteiger partial charge on any atom is -0.479 e. The Morgan fingerprint density at radius 1 is 1.23 bits per heavy atom. The molecule has 7 nitrogen and oxygen atoms in total. The van der Waals surface area contributed by atoms with Gasteiger partial charge >= 0.3 is 0 Å². The normalized spacial score (nSPS) is 16.4. The number of halogens is 1. The van der Waals surface area contributed by atoms with Crippen molar-refractivity contribution < 1.29 is 18.7 Å². The van der Waals surface area contributed by atoms with Crippen LogP contribution in [0.1, 0.15) is 30.8 Å². The number of fused-ring (bicyclic) bond motifs is 1. The number of nitrogens with one attached hydrogen (secondary N) is 1. The molecular formula is C23H23FN4O3. The molecule has 0 radical (unpaired) electrons. The lowest BCUT2D eigenvalue weighted by Crippen LogP contribution is -2.46. The predicted molar refractivity (Wildman–Crippen MR) is 113 cm³/mol. The Hall–Kier alpha value is -3.68. The van der Waals surface area contributed by atoms with Crippen LogP contribution in [0.4, 0.5) is 10.1 Å². The fourth-order valence-electron chi connectivity index (χ4n) is 3.64. The molecule has 1 N–H and O–H groups in total. The van der Waals surface area contributed by atoms with Crippen molar-refractivity contribution in [1.82, 2.24) is 14.9 Å². The number of rotatable bonds is 6. The summed E-state index contributed by atoms with van der Waals surface area (Å²) in [6.45, 7) is 1.91. The fourth-order valence-corrected chi connectivity index (χ4v) is 3.64. The second kappa shape index (κ2) is 8.59. The molecule has 2 aromatic carbocycles. The van der Waals surface area contributed by atoms with E-state index in [4.69, 9.17) is 4.74 Å². The lowest BCUT2D eigenvalue weighted by Gasteiger charge is -2.33. The van der Waals surface area contributed by atoms with Gasteiger partial charge in [0.2, 0.25) is 5.91 Å². The highest BCUT2D eigenvalue weighted by Gasteiger charge is 2.31. The molecule has 2 unspecified atom stereocenters. The lowest BCUT2D eigenvalue weighted by molar-refractivity contribution is -0.125. The number of anilines is 1. The van der Waals surface area contributed by atoms with Crippen molar-refractivity contribution >= 4 is 17.5 Å². The highest BCUT2D eigenvalue weighted by molar-refractivity contribution is 6.00. The zero-order valence-electron chi connectivity index (χ0n) is 17.3. The van der Waals surface area contributed by atoms with Gasteiger partial charge in [0.1, 0.15) is 23.4 Å². The van der Waals surface area contributed by atoms with Crippen molar-refractivity contribution in [2.45, 2.75) is 25.5 Å². The molecule has 31 heavy (non-hydrogen) atoms. The maximum atomic E-state index is 13.4. The third-order valence-corrected chi connectivity index (χ3v) is 5.26. The SMILES string of the molecule is CC1Oc2ccccc2N(CCC(=O)NC(c2ccc(F)cc2)c2nccn2C)C1=O. The van der Waals surface area contributed by atoms with Crippen molar-refractivity contribution in [3.05, 3.63) is 78.1 Å². The second-order valence-electron chi connectivity index (χ2n) is 7.42. The Bertz CT molecular complexity index is 1100. The summed E-state index contributed by atoms with van der Waals surface area (Å²) in [5.74, 6) is 0.452. The van der Waals surface area contributed by atoms with Crippen LogP contribution >= 0.6 is 0 Å². The summed E-state index contributed by atoms with van der Waals surface area (Å²) in [5.41, 5.74) is 1.36. The van der Waals surface area contributed by atoms with Crippen LogP contribution in [-0.4, -0.2) is 34.0 Å². The van der Waals surface area contributed by atoms with E-state index >= 15 is 0 Å². The van der Waals surface area contributed by atoms with Crippen LogP contribution in [0, 0.1) is 5.82 Å². The number of imidazole rings is 1.